The monoisotopic (exact) mass is 216 g/mol. The van der Waals surface area contributed by atoms with E-state index in [2.05, 4.69) is 15.3 Å². The van der Waals surface area contributed by atoms with Crippen molar-refractivity contribution in [3.8, 4) is 0 Å². The Morgan fingerprint density at radius 3 is 3.12 bits per heavy atom. The Bertz CT molecular complexity index is 506. The number of hydrogen-bond donors (Lipinski definition) is 1. The van der Waals surface area contributed by atoms with Gasteiger partial charge in [-0.15, -0.1) is 0 Å². The van der Waals surface area contributed by atoms with Gasteiger partial charge in [0.1, 0.15) is 5.54 Å². The lowest BCUT2D eigenvalue weighted by Crippen LogP contribution is -2.44. The minimum absolute atomic E-state index is 0.00739. The highest BCUT2D eigenvalue weighted by atomic mass is 16.2. The van der Waals surface area contributed by atoms with E-state index in [9.17, 15) is 4.79 Å². The van der Waals surface area contributed by atoms with E-state index in [-0.39, 0.29) is 5.91 Å². The van der Waals surface area contributed by atoms with Crippen LogP contribution in [0.25, 0.3) is 0 Å². The third-order valence-electron chi connectivity index (χ3n) is 3.14. The molecular weight excluding hydrogens is 204 g/mol. The number of aliphatic imine (C=N–C) groups is 1. The number of rotatable bonds is 0. The van der Waals surface area contributed by atoms with Crippen molar-refractivity contribution in [3.63, 3.8) is 0 Å². The van der Waals surface area contributed by atoms with Gasteiger partial charge < -0.3 is 4.90 Å². The predicted molar refractivity (Wildman–Crippen MR) is 59.1 cm³/mol. The molecule has 1 amide bonds. The molecule has 2 aliphatic rings. The molecule has 5 nitrogen and oxygen atoms in total. The number of fused-ring (bicyclic) bond motifs is 2. The van der Waals surface area contributed by atoms with Gasteiger partial charge >= 0.3 is 0 Å². The van der Waals surface area contributed by atoms with Gasteiger partial charge in [0.25, 0.3) is 5.91 Å². The zero-order valence-corrected chi connectivity index (χ0v) is 9.19. The van der Waals surface area contributed by atoms with Crippen molar-refractivity contribution in [1.29, 1.82) is 0 Å². The maximum Gasteiger partial charge on any atom is 0.252 e. The molecule has 0 aliphatic carbocycles. The van der Waals surface area contributed by atoms with E-state index in [0.717, 1.165) is 11.3 Å². The fourth-order valence-electron chi connectivity index (χ4n) is 2.01. The highest BCUT2D eigenvalue weighted by Gasteiger charge is 2.45. The van der Waals surface area contributed by atoms with E-state index >= 15 is 0 Å². The Balaban J connectivity index is 2.11. The summed E-state index contributed by atoms with van der Waals surface area (Å²) in [6.45, 7) is 4.46. The minimum atomic E-state index is -0.535. The van der Waals surface area contributed by atoms with Gasteiger partial charge in [-0.25, -0.2) is 4.99 Å². The summed E-state index contributed by atoms with van der Waals surface area (Å²) in [5.41, 5.74) is 1.40. The van der Waals surface area contributed by atoms with Crippen LogP contribution in [0, 0.1) is 0 Å². The zero-order chi connectivity index (χ0) is 11.3. The van der Waals surface area contributed by atoms with Crippen LogP contribution >= 0.6 is 0 Å². The Labute approximate surface area is 93.2 Å². The number of aromatic nitrogens is 1. The lowest BCUT2D eigenvalue weighted by Gasteiger charge is -2.32. The number of pyridine rings is 1. The third kappa shape index (κ3) is 1.08. The van der Waals surface area contributed by atoms with Gasteiger partial charge in [0.05, 0.1) is 12.2 Å². The largest absolute Gasteiger partial charge is 0.324 e. The molecule has 0 radical (unpaired) electrons. The number of nitrogens with one attached hydrogen (secondary N) is 1. The van der Waals surface area contributed by atoms with E-state index in [1.54, 1.807) is 12.4 Å². The van der Waals surface area contributed by atoms with E-state index in [0.29, 0.717) is 12.5 Å². The predicted octanol–water partition coefficient (Wildman–Crippen LogP) is 0.793. The fourth-order valence-corrected chi connectivity index (χ4v) is 2.01. The van der Waals surface area contributed by atoms with Crippen LogP contribution < -0.4 is 5.32 Å². The number of carbonyl (C=O) groups is 1. The Morgan fingerprint density at radius 2 is 2.31 bits per heavy atom. The number of carbonyl (C=O) groups excluding carboxylic acids is 1. The first-order valence-corrected chi connectivity index (χ1v) is 5.20. The third-order valence-corrected chi connectivity index (χ3v) is 3.14. The van der Waals surface area contributed by atoms with Crippen molar-refractivity contribution in [1.82, 2.24) is 15.2 Å². The van der Waals surface area contributed by atoms with Gasteiger partial charge in [0.2, 0.25) is 5.96 Å². The summed E-state index contributed by atoms with van der Waals surface area (Å²) >= 11 is 0. The van der Waals surface area contributed by atoms with Gasteiger partial charge in [0.15, 0.2) is 0 Å². The number of amides is 1. The molecule has 0 unspecified atom stereocenters. The second kappa shape index (κ2) is 2.81. The van der Waals surface area contributed by atoms with Crippen LogP contribution in [0.15, 0.2) is 23.5 Å². The standard InChI is InChI=1S/C11H12N4O/c1-11(2)9(16)14-10-13-8-3-4-12-5-7(8)6-15(10)11/h3-5H,6H2,1-2H3,(H,13,14,16). The Kier molecular flexibility index (Phi) is 1.64. The highest BCUT2D eigenvalue weighted by Crippen LogP contribution is 2.31. The second-order valence-corrected chi connectivity index (χ2v) is 4.54. The Hall–Kier alpha value is -1.91. The number of guanidine groups is 1. The highest BCUT2D eigenvalue weighted by molar-refractivity contribution is 6.09. The molecule has 3 heterocycles. The maximum absolute atomic E-state index is 11.8. The molecule has 1 fully saturated rings. The van der Waals surface area contributed by atoms with Crippen LogP contribution in [0.2, 0.25) is 0 Å². The van der Waals surface area contributed by atoms with Gasteiger partial charge in [-0.2, -0.15) is 0 Å². The first kappa shape index (κ1) is 9.33. The average Bonchev–Trinajstić information content (AvgIpc) is 2.48. The zero-order valence-electron chi connectivity index (χ0n) is 9.19. The lowest BCUT2D eigenvalue weighted by atomic mass is 10.0. The molecule has 0 atom stereocenters. The summed E-state index contributed by atoms with van der Waals surface area (Å²) in [7, 11) is 0. The van der Waals surface area contributed by atoms with E-state index in [1.165, 1.54) is 0 Å². The average molecular weight is 216 g/mol. The molecule has 1 saturated heterocycles. The van der Waals surface area contributed by atoms with E-state index in [1.807, 2.05) is 24.8 Å². The molecule has 16 heavy (non-hydrogen) atoms. The van der Waals surface area contributed by atoms with Crippen molar-refractivity contribution >= 4 is 17.6 Å². The normalized spacial score (nSPS) is 21.0. The lowest BCUT2D eigenvalue weighted by molar-refractivity contribution is -0.125. The summed E-state index contributed by atoms with van der Waals surface area (Å²) in [5.74, 6) is 0.640. The van der Waals surface area contributed by atoms with E-state index < -0.39 is 5.54 Å². The molecule has 0 aromatic carbocycles. The summed E-state index contributed by atoms with van der Waals surface area (Å²) in [5, 5.41) is 2.80. The van der Waals surface area contributed by atoms with Crippen LogP contribution in [-0.4, -0.2) is 27.3 Å². The summed E-state index contributed by atoms with van der Waals surface area (Å²) in [6, 6.07) is 1.86. The van der Waals surface area contributed by atoms with Crippen molar-refractivity contribution < 1.29 is 4.79 Å². The minimum Gasteiger partial charge on any atom is -0.324 e. The summed E-state index contributed by atoms with van der Waals surface area (Å²) < 4.78 is 0. The quantitative estimate of drug-likeness (QED) is 0.697. The first-order chi connectivity index (χ1) is 7.59. The van der Waals surface area contributed by atoms with Crippen molar-refractivity contribution in [2.75, 3.05) is 0 Å². The van der Waals surface area contributed by atoms with Crippen LogP contribution in [0.1, 0.15) is 19.4 Å². The first-order valence-electron chi connectivity index (χ1n) is 5.20. The van der Waals surface area contributed by atoms with Crippen LogP contribution in [0.3, 0.4) is 0 Å². The molecule has 1 N–H and O–H groups in total. The van der Waals surface area contributed by atoms with Crippen molar-refractivity contribution in [2.45, 2.75) is 25.9 Å². The number of hydrogen-bond acceptors (Lipinski definition) is 4. The van der Waals surface area contributed by atoms with Crippen molar-refractivity contribution in [2.24, 2.45) is 4.99 Å². The van der Waals surface area contributed by atoms with Gasteiger partial charge in [-0.3, -0.25) is 15.1 Å². The molecule has 0 spiro atoms. The topological polar surface area (TPSA) is 57.6 Å². The van der Waals surface area contributed by atoms with Gasteiger partial charge in [-0.05, 0) is 19.9 Å². The molecule has 82 valence electrons. The molecule has 0 bridgehead atoms. The molecular formula is C11H12N4O. The van der Waals surface area contributed by atoms with Crippen LogP contribution in [-0.2, 0) is 11.3 Å². The molecule has 1 aromatic rings. The molecule has 2 aliphatic heterocycles. The fraction of sp³-hybridized carbons (Fsp3) is 0.364. The molecule has 1 aromatic heterocycles. The van der Waals surface area contributed by atoms with Crippen molar-refractivity contribution in [3.05, 3.63) is 24.0 Å². The smallest absolute Gasteiger partial charge is 0.252 e. The summed E-state index contributed by atoms with van der Waals surface area (Å²) in [6.07, 6.45) is 3.51. The van der Waals surface area contributed by atoms with Gasteiger partial charge in [0, 0.05) is 18.0 Å². The van der Waals surface area contributed by atoms with Crippen LogP contribution in [0.4, 0.5) is 5.69 Å². The van der Waals surface area contributed by atoms with Gasteiger partial charge in [-0.1, -0.05) is 0 Å². The van der Waals surface area contributed by atoms with E-state index in [4.69, 9.17) is 0 Å². The Morgan fingerprint density at radius 1 is 1.50 bits per heavy atom. The summed E-state index contributed by atoms with van der Waals surface area (Å²) in [4.78, 5) is 22.2. The SMILES string of the molecule is CC1(C)C(=O)NC2=Nc3ccncc3CN21. The molecule has 0 saturated carbocycles. The molecule has 3 rings (SSSR count). The maximum atomic E-state index is 11.8. The second-order valence-electron chi connectivity index (χ2n) is 4.54. The molecule has 5 heteroatoms. The number of nitrogens with zero attached hydrogens (tertiary/aromatic N) is 3. The van der Waals surface area contributed by atoms with Crippen LogP contribution in [0.5, 0.6) is 0 Å².